The van der Waals surface area contributed by atoms with E-state index in [1.807, 2.05) is 6.07 Å². The standard InChI is InChI=1S/C16H18N4O3/c17-15(22)13-6-3-8-20(13)14(21)7-9-19-10-18-12-5-2-1-4-11(12)16(19)23/h1-2,4-5,10,13H,3,6-9H2,(H2,17,22). The molecule has 120 valence electrons. The number of aryl methyl sites for hydroxylation is 1. The fourth-order valence-corrected chi connectivity index (χ4v) is 2.99. The molecule has 1 aliphatic rings. The summed E-state index contributed by atoms with van der Waals surface area (Å²) < 4.78 is 1.43. The lowest BCUT2D eigenvalue weighted by molar-refractivity contribution is -0.137. The molecule has 0 radical (unpaired) electrons. The molecular formula is C16H18N4O3. The van der Waals surface area contributed by atoms with Gasteiger partial charge in [0.1, 0.15) is 6.04 Å². The monoisotopic (exact) mass is 314 g/mol. The number of likely N-dealkylation sites (tertiary alicyclic amines) is 1. The summed E-state index contributed by atoms with van der Waals surface area (Å²) >= 11 is 0. The Bertz CT molecular complexity index is 814. The van der Waals surface area contributed by atoms with Gasteiger partial charge in [-0.05, 0) is 25.0 Å². The van der Waals surface area contributed by atoms with Gasteiger partial charge in [0.15, 0.2) is 0 Å². The molecule has 1 fully saturated rings. The molecule has 0 aliphatic carbocycles. The first-order valence-corrected chi connectivity index (χ1v) is 7.61. The molecule has 1 aromatic heterocycles. The Morgan fingerprint density at radius 2 is 2.09 bits per heavy atom. The minimum absolute atomic E-state index is 0.143. The zero-order valence-electron chi connectivity index (χ0n) is 12.6. The van der Waals surface area contributed by atoms with Crippen molar-refractivity contribution in [2.24, 2.45) is 5.73 Å². The van der Waals surface area contributed by atoms with Crippen LogP contribution in [0.5, 0.6) is 0 Å². The van der Waals surface area contributed by atoms with Gasteiger partial charge in [0.2, 0.25) is 11.8 Å². The SMILES string of the molecule is NC(=O)C1CCCN1C(=O)CCn1cnc2ccccc2c1=O. The van der Waals surface area contributed by atoms with Crippen LogP contribution in [-0.4, -0.2) is 38.9 Å². The Kier molecular flexibility index (Phi) is 4.10. The van der Waals surface area contributed by atoms with Gasteiger partial charge in [-0.3, -0.25) is 19.0 Å². The van der Waals surface area contributed by atoms with E-state index in [9.17, 15) is 14.4 Å². The number of hydrogen-bond acceptors (Lipinski definition) is 4. The van der Waals surface area contributed by atoms with E-state index in [4.69, 9.17) is 5.73 Å². The van der Waals surface area contributed by atoms with Gasteiger partial charge in [-0.25, -0.2) is 4.98 Å². The fraction of sp³-hybridized carbons (Fsp3) is 0.375. The topological polar surface area (TPSA) is 98.3 Å². The Hall–Kier alpha value is -2.70. The molecule has 0 bridgehead atoms. The van der Waals surface area contributed by atoms with Gasteiger partial charge >= 0.3 is 0 Å². The normalized spacial score (nSPS) is 17.6. The summed E-state index contributed by atoms with van der Waals surface area (Å²) in [6.45, 7) is 0.773. The average Bonchev–Trinajstić information content (AvgIpc) is 3.04. The van der Waals surface area contributed by atoms with E-state index in [1.165, 1.54) is 15.8 Å². The van der Waals surface area contributed by atoms with Gasteiger partial charge in [-0.2, -0.15) is 0 Å². The summed E-state index contributed by atoms with van der Waals surface area (Å²) in [4.78, 5) is 41.7. The van der Waals surface area contributed by atoms with Crippen LogP contribution in [0.1, 0.15) is 19.3 Å². The van der Waals surface area contributed by atoms with Gasteiger partial charge in [-0.15, -0.1) is 0 Å². The lowest BCUT2D eigenvalue weighted by atomic mass is 10.2. The molecule has 2 amide bonds. The van der Waals surface area contributed by atoms with Crippen LogP contribution in [0.2, 0.25) is 0 Å². The highest BCUT2D eigenvalue weighted by atomic mass is 16.2. The van der Waals surface area contributed by atoms with Gasteiger partial charge in [0, 0.05) is 19.5 Å². The predicted molar refractivity (Wildman–Crippen MR) is 84.5 cm³/mol. The molecule has 1 saturated heterocycles. The zero-order valence-corrected chi connectivity index (χ0v) is 12.6. The highest BCUT2D eigenvalue weighted by Gasteiger charge is 2.32. The molecule has 1 aliphatic heterocycles. The molecule has 23 heavy (non-hydrogen) atoms. The fourth-order valence-electron chi connectivity index (χ4n) is 2.99. The third-order valence-corrected chi connectivity index (χ3v) is 4.20. The number of benzene rings is 1. The molecule has 0 spiro atoms. The molecule has 1 unspecified atom stereocenters. The number of primary amides is 1. The lowest BCUT2D eigenvalue weighted by Crippen LogP contribution is -2.44. The van der Waals surface area contributed by atoms with Crippen LogP contribution in [0.25, 0.3) is 10.9 Å². The smallest absolute Gasteiger partial charge is 0.261 e. The van der Waals surface area contributed by atoms with Crippen molar-refractivity contribution in [1.82, 2.24) is 14.5 Å². The van der Waals surface area contributed by atoms with Crippen molar-refractivity contribution >= 4 is 22.7 Å². The van der Waals surface area contributed by atoms with Crippen LogP contribution in [-0.2, 0) is 16.1 Å². The quantitative estimate of drug-likeness (QED) is 0.875. The first-order chi connectivity index (χ1) is 11.1. The molecular weight excluding hydrogens is 296 g/mol. The number of carbonyl (C=O) groups is 2. The third-order valence-electron chi connectivity index (χ3n) is 4.20. The molecule has 3 rings (SSSR count). The van der Waals surface area contributed by atoms with Crippen molar-refractivity contribution in [3.63, 3.8) is 0 Å². The van der Waals surface area contributed by atoms with Crippen molar-refractivity contribution in [3.05, 3.63) is 40.9 Å². The summed E-state index contributed by atoms with van der Waals surface area (Å²) in [6, 6.07) is 6.57. The molecule has 2 N–H and O–H groups in total. The molecule has 7 nitrogen and oxygen atoms in total. The molecule has 0 saturated carbocycles. The Labute approximate surface area is 132 Å². The van der Waals surface area contributed by atoms with Crippen molar-refractivity contribution in [1.29, 1.82) is 0 Å². The summed E-state index contributed by atoms with van der Waals surface area (Å²) in [7, 11) is 0. The predicted octanol–water partition coefficient (Wildman–Crippen LogP) is 0.263. The molecule has 1 atom stereocenters. The second kappa shape index (κ2) is 6.20. The van der Waals surface area contributed by atoms with Crippen molar-refractivity contribution < 1.29 is 9.59 Å². The van der Waals surface area contributed by atoms with Gasteiger partial charge in [-0.1, -0.05) is 12.1 Å². The number of hydrogen-bond donors (Lipinski definition) is 1. The van der Waals surface area contributed by atoms with E-state index in [0.29, 0.717) is 23.9 Å². The van der Waals surface area contributed by atoms with E-state index in [1.54, 1.807) is 18.2 Å². The first-order valence-electron chi connectivity index (χ1n) is 7.61. The average molecular weight is 314 g/mol. The van der Waals surface area contributed by atoms with Crippen molar-refractivity contribution in [2.75, 3.05) is 6.54 Å². The van der Waals surface area contributed by atoms with Crippen molar-refractivity contribution in [3.8, 4) is 0 Å². The van der Waals surface area contributed by atoms with Crippen molar-refractivity contribution in [2.45, 2.75) is 31.8 Å². The van der Waals surface area contributed by atoms with Gasteiger partial charge < -0.3 is 10.6 Å². The molecule has 7 heteroatoms. The summed E-state index contributed by atoms with van der Waals surface area (Å²) in [5.41, 5.74) is 5.78. The van der Waals surface area contributed by atoms with Crippen LogP contribution in [0, 0.1) is 0 Å². The summed E-state index contributed by atoms with van der Waals surface area (Å²) in [5.74, 6) is -0.633. The zero-order chi connectivity index (χ0) is 16.4. The number of para-hydroxylation sites is 1. The third kappa shape index (κ3) is 2.94. The van der Waals surface area contributed by atoms with Gasteiger partial charge in [0.25, 0.3) is 5.56 Å². The Morgan fingerprint density at radius 1 is 1.30 bits per heavy atom. The van der Waals surface area contributed by atoms with E-state index < -0.39 is 11.9 Å². The van der Waals surface area contributed by atoms with E-state index >= 15 is 0 Å². The minimum atomic E-state index is -0.519. The highest BCUT2D eigenvalue weighted by molar-refractivity contribution is 5.87. The lowest BCUT2D eigenvalue weighted by Gasteiger charge is -2.22. The number of rotatable bonds is 4. The van der Waals surface area contributed by atoms with E-state index in [-0.39, 0.29) is 24.4 Å². The van der Waals surface area contributed by atoms with Crippen LogP contribution >= 0.6 is 0 Å². The van der Waals surface area contributed by atoms with Crippen LogP contribution < -0.4 is 11.3 Å². The highest BCUT2D eigenvalue weighted by Crippen LogP contribution is 2.18. The maximum absolute atomic E-state index is 12.4. The van der Waals surface area contributed by atoms with E-state index in [2.05, 4.69) is 4.98 Å². The van der Waals surface area contributed by atoms with Crippen LogP contribution in [0.15, 0.2) is 35.4 Å². The van der Waals surface area contributed by atoms with Gasteiger partial charge in [0.05, 0.1) is 17.2 Å². The molecule has 2 heterocycles. The maximum Gasteiger partial charge on any atom is 0.261 e. The summed E-state index contributed by atoms with van der Waals surface area (Å²) in [6.07, 6.45) is 2.98. The first kappa shape index (κ1) is 15.2. The number of carbonyl (C=O) groups excluding carboxylic acids is 2. The number of nitrogens with zero attached hydrogens (tertiary/aromatic N) is 3. The Morgan fingerprint density at radius 3 is 2.87 bits per heavy atom. The summed E-state index contributed by atoms with van der Waals surface area (Å²) in [5, 5.41) is 0.527. The Balaban J connectivity index is 1.73. The molecule has 2 aromatic rings. The van der Waals surface area contributed by atoms with E-state index in [0.717, 1.165) is 6.42 Å². The number of amides is 2. The number of fused-ring (bicyclic) bond motifs is 1. The second-order valence-corrected chi connectivity index (χ2v) is 5.66. The molecule has 1 aromatic carbocycles. The number of aromatic nitrogens is 2. The minimum Gasteiger partial charge on any atom is -0.368 e. The second-order valence-electron chi connectivity index (χ2n) is 5.66. The maximum atomic E-state index is 12.4. The van der Waals surface area contributed by atoms with Crippen LogP contribution in [0.3, 0.4) is 0 Å². The largest absolute Gasteiger partial charge is 0.368 e. The van der Waals surface area contributed by atoms with Crippen LogP contribution in [0.4, 0.5) is 0 Å². The number of nitrogens with two attached hydrogens (primary N) is 1.